The molecule has 0 amide bonds. The van der Waals surface area contributed by atoms with Gasteiger partial charge in [-0.1, -0.05) is 11.8 Å². The summed E-state index contributed by atoms with van der Waals surface area (Å²) < 4.78 is 2.02. The van der Waals surface area contributed by atoms with E-state index in [9.17, 15) is 5.11 Å². The van der Waals surface area contributed by atoms with Gasteiger partial charge in [-0.3, -0.25) is 9.38 Å². The van der Waals surface area contributed by atoms with Crippen molar-refractivity contribution in [2.75, 3.05) is 5.32 Å². The predicted molar refractivity (Wildman–Crippen MR) is 121 cm³/mol. The summed E-state index contributed by atoms with van der Waals surface area (Å²) in [5, 5.41) is 12.9. The molecule has 0 aliphatic heterocycles. The van der Waals surface area contributed by atoms with Crippen molar-refractivity contribution in [2.24, 2.45) is 0 Å². The Kier molecular flexibility index (Phi) is 5.83. The van der Waals surface area contributed by atoms with Crippen molar-refractivity contribution in [2.45, 2.75) is 26.3 Å². The number of nitrogens with zero attached hydrogens (tertiary/aromatic N) is 3. The van der Waals surface area contributed by atoms with Crippen molar-refractivity contribution in [3.8, 4) is 28.2 Å². The molecule has 0 atom stereocenters. The Bertz CT molecular complexity index is 1190. The normalized spacial score (nSPS) is 10.9. The number of anilines is 1. The first-order chi connectivity index (χ1) is 13.4. The highest BCUT2D eigenvalue weighted by molar-refractivity contribution is 7.16. The third-order valence-electron chi connectivity index (χ3n) is 3.96. The van der Waals surface area contributed by atoms with Crippen LogP contribution >= 0.6 is 23.7 Å². The summed E-state index contributed by atoms with van der Waals surface area (Å²) in [7, 11) is 0. The minimum absolute atomic E-state index is 0. The number of hydrogen-bond acceptors (Lipinski definition) is 5. The minimum atomic E-state index is -0.104. The molecule has 2 N–H and O–H groups in total. The molecule has 0 fully saturated rings. The first-order valence-electron chi connectivity index (χ1n) is 8.90. The Morgan fingerprint density at radius 1 is 1.07 bits per heavy atom. The first-order valence-corrected chi connectivity index (χ1v) is 9.72. The van der Waals surface area contributed by atoms with Crippen molar-refractivity contribution in [3.05, 3.63) is 65.4 Å². The van der Waals surface area contributed by atoms with Gasteiger partial charge in [0.05, 0.1) is 16.0 Å². The third-order valence-corrected chi connectivity index (χ3v) is 4.97. The van der Waals surface area contributed by atoms with Gasteiger partial charge in [-0.15, -0.1) is 23.7 Å². The quantitative estimate of drug-likeness (QED) is 0.434. The van der Waals surface area contributed by atoms with Gasteiger partial charge in [-0.05, 0) is 57.2 Å². The number of aromatic hydroxyl groups is 1. The Morgan fingerprint density at radius 2 is 1.83 bits per heavy atom. The van der Waals surface area contributed by atoms with E-state index in [1.807, 2.05) is 16.7 Å². The van der Waals surface area contributed by atoms with Crippen LogP contribution in [-0.2, 0) is 0 Å². The largest absolute Gasteiger partial charge is 0.508 e. The van der Waals surface area contributed by atoms with Crippen LogP contribution < -0.4 is 5.32 Å². The fraction of sp³-hybridized carbons (Fsp3) is 0.182. The second-order valence-electron chi connectivity index (χ2n) is 7.45. The van der Waals surface area contributed by atoms with E-state index in [-0.39, 0.29) is 23.7 Å². The summed E-state index contributed by atoms with van der Waals surface area (Å²) in [4.78, 5) is 11.0. The average molecular weight is 425 g/mol. The van der Waals surface area contributed by atoms with Gasteiger partial charge >= 0.3 is 0 Å². The molecule has 1 aromatic carbocycles. The molecule has 148 valence electrons. The van der Waals surface area contributed by atoms with Crippen molar-refractivity contribution >= 4 is 35.2 Å². The van der Waals surface area contributed by atoms with Crippen LogP contribution in [-0.4, -0.2) is 25.0 Å². The van der Waals surface area contributed by atoms with Gasteiger partial charge in [-0.2, -0.15) is 0 Å². The summed E-state index contributed by atoms with van der Waals surface area (Å²) >= 11 is 1.60. The van der Waals surface area contributed by atoms with Crippen molar-refractivity contribution in [1.82, 2.24) is 14.4 Å². The second kappa shape index (κ2) is 8.16. The van der Waals surface area contributed by atoms with E-state index in [2.05, 4.69) is 49.0 Å². The van der Waals surface area contributed by atoms with Crippen LogP contribution in [0.2, 0.25) is 0 Å². The number of halogens is 1. The van der Waals surface area contributed by atoms with Crippen molar-refractivity contribution in [3.63, 3.8) is 0 Å². The van der Waals surface area contributed by atoms with Gasteiger partial charge in [0.1, 0.15) is 17.3 Å². The number of aromatic nitrogens is 3. The Hall–Kier alpha value is -3.01. The zero-order valence-corrected chi connectivity index (χ0v) is 17.9. The molecule has 0 bridgehead atoms. The molecule has 4 aromatic rings. The summed E-state index contributed by atoms with van der Waals surface area (Å²) in [6.07, 6.45) is 5.44. The molecule has 3 aromatic heterocycles. The number of nitrogens with one attached hydrogen (secondary N) is 1. The molecule has 0 saturated heterocycles. The van der Waals surface area contributed by atoms with Crippen LogP contribution in [0, 0.1) is 11.8 Å². The maximum Gasteiger partial charge on any atom is 0.157 e. The zero-order chi connectivity index (χ0) is 19.7. The van der Waals surface area contributed by atoms with Gasteiger partial charge in [0.25, 0.3) is 0 Å². The second-order valence-corrected chi connectivity index (χ2v) is 8.53. The van der Waals surface area contributed by atoms with Gasteiger partial charge in [-0.25, -0.2) is 4.98 Å². The van der Waals surface area contributed by atoms with Gasteiger partial charge in [0.2, 0.25) is 0 Å². The number of fused-ring (bicyclic) bond motifs is 1. The molecule has 4 rings (SSSR count). The van der Waals surface area contributed by atoms with Gasteiger partial charge < -0.3 is 10.4 Å². The summed E-state index contributed by atoms with van der Waals surface area (Å²) in [6, 6.07) is 10.9. The third kappa shape index (κ3) is 4.70. The Balaban J connectivity index is 0.00000240. The lowest BCUT2D eigenvalue weighted by Gasteiger charge is -2.22. The van der Waals surface area contributed by atoms with E-state index in [0.29, 0.717) is 0 Å². The fourth-order valence-electron chi connectivity index (χ4n) is 2.76. The predicted octanol–water partition coefficient (Wildman–Crippen LogP) is 5.20. The number of thiophene rings is 1. The lowest BCUT2D eigenvalue weighted by molar-refractivity contribution is 0.475. The van der Waals surface area contributed by atoms with Crippen LogP contribution in [0.4, 0.5) is 5.82 Å². The lowest BCUT2D eigenvalue weighted by Crippen LogP contribution is -2.27. The van der Waals surface area contributed by atoms with Crippen LogP contribution in [0.15, 0.2) is 55.0 Å². The number of phenolic OH excluding ortho intramolecular Hbond substituents is 1. The molecule has 0 radical (unpaired) electrons. The van der Waals surface area contributed by atoms with Crippen molar-refractivity contribution in [1.29, 1.82) is 0 Å². The minimum Gasteiger partial charge on any atom is -0.508 e. The molecule has 29 heavy (non-hydrogen) atoms. The van der Waals surface area contributed by atoms with Gasteiger partial charge in [0, 0.05) is 23.5 Å². The monoisotopic (exact) mass is 424 g/mol. The molecule has 5 nitrogen and oxygen atoms in total. The molecule has 3 heterocycles. The molecule has 0 aliphatic rings. The Labute approximate surface area is 179 Å². The number of hydrogen-bond donors (Lipinski definition) is 2. The first kappa shape index (κ1) is 20.7. The van der Waals surface area contributed by atoms with Crippen LogP contribution in [0.25, 0.3) is 16.2 Å². The van der Waals surface area contributed by atoms with E-state index >= 15 is 0 Å². The molecule has 0 aliphatic carbocycles. The fourth-order valence-corrected chi connectivity index (χ4v) is 3.61. The maximum atomic E-state index is 9.37. The number of benzene rings is 1. The molecule has 0 spiro atoms. The SMILES string of the molecule is CC(C)(C)Nc1c(-c2ccc(C#Cc3ccc(O)cc3)s2)nc2cnccn12.Cl. The van der Waals surface area contributed by atoms with E-state index < -0.39 is 0 Å². The highest BCUT2D eigenvalue weighted by Gasteiger charge is 2.20. The topological polar surface area (TPSA) is 62.5 Å². The number of phenols is 1. The molecular weight excluding hydrogens is 404 g/mol. The van der Waals surface area contributed by atoms with Crippen LogP contribution in [0.5, 0.6) is 5.75 Å². The smallest absolute Gasteiger partial charge is 0.157 e. The Morgan fingerprint density at radius 3 is 2.55 bits per heavy atom. The molecular formula is C22H21ClN4OS. The zero-order valence-electron chi connectivity index (χ0n) is 16.3. The van der Waals surface area contributed by atoms with E-state index in [4.69, 9.17) is 4.98 Å². The number of rotatable bonds is 2. The standard InChI is InChI=1S/C22H20N4OS.ClH/c1-22(2,3)25-21-20(24-19-14-23-12-13-26(19)21)18-11-10-17(28-18)9-6-15-4-7-16(27)8-5-15;/h4-5,7-8,10-14,25,27H,1-3H3;1H. The molecule has 0 saturated carbocycles. The molecule has 7 heteroatoms. The van der Waals surface area contributed by atoms with Crippen molar-refractivity contribution < 1.29 is 5.11 Å². The average Bonchev–Trinajstić information content (AvgIpc) is 3.25. The van der Waals surface area contributed by atoms with E-state index in [0.717, 1.165) is 32.5 Å². The molecule has 0 unspecified atom stereocenters. The lowest BCUT2D eigenvalue weighted by atomic mass is 10.1. The number of imidazole rings is 1. The van der Waals surface area contributed by atoms with E-state index in [1.54, 1.807) is 48.0 Å². The summed E-state index contributed by atoms with van der Waals surface area (Å²) in [5.41, 5.74) is 2.45. The highest BCUT2D eigenvalue weighted by Crippen LogP contribution is 2.34. The maximum absolute atomic E-state index is 9.37. The summed E-state index contributed by atoms with van der Waals surface area (Å²) in [6.45, 7) is 6.38. The summed E-state index contributed by atoms with van der Waals surface area (Å²) in [5.74, 6) is 7.51. The van der Waals surface area contributed by atoms with Crippen LogP contribution in [0.1, 0.15) is 31.2 Å². The van der Waals surface area contributed by atoms with Gasteiger partial charge in [0.15, 0.2) is 5.65 Å². The van der Waals surface area contributed by atoms with E-state index in [1.165, 1.54) is 0 Å². The van der Waals surface area contributed by atoms with Crippen LogP contribution in [0.3, 0.4) is 0 Å². The highest BCUT2D eigenvalue weighted by atomic mass is 35.5.